The largest absolute Gasteiger partial charge is 0.393 e. The first-order chi connectivity index (χ1) is 14.2. The van der Waals surface area contributed by atoms with Gasteiger partial charge < -0.3 is 14.9 Å². The van der Waals surface area contributed by atoms with Gasteiger partial charge in [-0.25, -0.2) is 0 Å². The molecule has 2 N–H and O–H groups in total. The molecule has 1 aliphatic heterocycles. The van der Waals surface area contributed by atoms with Crippen LogP contribution < -0.4 is 0 Å². The summed E-state index contributed by atoms with van der Waals surface area (Å²) in [6.45, 7) is 9.69. The molecule has 3 saturated carbocycles. The lowest BCUT2D eigenvalue weighted by molar-refractivity contribution is -0.220. The van der Waals surface area contributed by atoms with Crippen LogP contribution in [0.25, 0.3) is 0 Å². The Kier molecular flexibility index (Phi) is 6.93. The number of aliphatic hydroxyl groups is 2. The molecular weight excluding hydrogens is 372 g/mol. The number of rotatable bonds is 4. The molecule has 0 aromatic rings. The first-order valence-electron chi connectivity index (χ1n) is 13.2. The zero-order chi connectivity index (χ0) is 21.5. The van der Waals surface area contributed by atoms with Crippen molar-refractivity contribution in [2.45, 2.75) is 135 Å². The Morgan fingerprint density at radius 1 is 0.833 bits per heavy atom. The summed E-state index contributed by atoms with van der Waals surface area (Å²) >= 11 is 0. The molecule has 0 bridgehead atoms. The summed E-state index contributed by atoms with van der Waals surface area (Å²) in [6.07, 6.45) is 15.6. The molecule has 0 radical (unpaired) electrons. The second-order valence-electron chi connectivity index (χ2n) is 12.7. The first-order valence-corrected chi connectivity index (χ1v) is 13.2. The predicted octanol–water partition coefficient (Wildman–Crippen LogP) is 6.10. The third-order valence-electron chi connectivity index (χ3n) is 9.90. The quantitative estimate of drug-likeness (QED) is 0.577. The first kappa shape index (κ1) is 23.1. The minimum absolute atomic E-state index is 0.0188. The molecule has 3 aliphatic carbocycles. The molecule has 4 fully saturated rings. The molecule has 3 nitrogen and oxygen atoms in total. The third kappa shape index (κ3) is 4.94. The van der Waals surface area contributed by atoms with Crippen molar-refractivity contribution in [2.75, 3.05) is 0 Å². The summed E-state index contributed by atoms with van der Waals surface area (Å²) in [4.78, 5) is 0. The molecular formula is C27H48O3. The molecule has 5 atom stereocenters. The van der Waals surface area contributed by atoms with Crippen molar-refractivity contribution >= 4 is 0 Å². The molecule has 1 saturated heterocycles. The van der Waals surface area contributed by atoms with Crippen LogP contribution in [0.2, 0.25) is 0 Å². The summed E-state index contributed by atoms with van der Waals surface area (Å²) in [6, 6.07) is 0. The van der Waals surface area contributed by atoms with Crippen molar-refractivity contribution in [1.29, 1.82) is 0 Å². The highest BCUT2D eigenvalue weighted by Crippen LogP contribution is 2.58. The maximum absolute atomic E-state index is 10.1. The van der Waals surface area contributed by atoms with Gasteiger partial charge >= 0.3 is 0 Å². The Bertz CT molecular complexity index is 558. The van der Waals surface area contributed by atoms with Gasteiger partial charge in [-0.1, -0.05) is 13.8 Å². The van der Waals surface area contributed by atoms with E-state index in [0.29, 0.717) is 17.4 Å². The average Bonchev–Trinajstić information content (AvgIpc) is 2.68. The monoisotopic (exact) mass is 420 g/mol. The van der Waals surface area contributed by atoms with E-state index in [9.17, 15) is 10.2 Å². The standard InChI is InChI=1S/C27H48O3/c1-18(20-6-10-22(28)11-7-20)15-19-5-14-25-24(16-19)27(4,17-26(2,3)30-25)21-8-12-23(29)13-9-21/h18-25,28-29H,5-17H2,1-4H3. The molecule has 0 spiro atoms. The fraction of sp³-hybridized carbons (Fsp3) is 1.00. The molecule has 0 aromatic carbocycles. The minimum Gasteiger partial charge on any atom is -0.393 e. The molecule has 1 heterocycles. The molecule has 30 heavy (non-hydrogen) atoms. The smallest absolute Gasteiger partial charge is 0.0635 e. The maximum Gasteiger partial charge on any atom is 0.0635 e. The Labute approximate surface area is 185 Å². The fourth-order valence-electron chi connectivity index (χ4n) is 8.35. The lowest BCUT2D eigenvalue weighted by Gasteiger charge is -2.59. The van der Waals surface area contributed by atoms with E-state index in [1.165, 1.54) is 57.8 Å². The summed E-state index contributed by atoms with van der Waals surface area (Å²) in [5, 5.41) is 20.0. The number of hydrogen-bond donors (Lipinski definition) is 2. The number of fused-ring (bicyclic) bond motifs is 1. The highest BCUT2D eigenvalue weighted by Gasteiger charge is 2.54. The van der Waals surface area contributed by atoms with Gasteiger partial charge in [0.1, 0.15) is 0 Å². The summed E-state index contributed by atoms with van der Waals surface area (Å²) < 4.78 is 6.69. The van der Waals surface area contributed by atoms with Crippen LogP contribution in [-0.4, -0.2) is 34.1 Å². The predicted molar refractivity (Wildman–Crippen MR) is 122 cm³/mol. The highest BCUT2D eigenvalue weighted by atomic mass is 16.5. The van der Waals surface area contributed by atoms with Crippen molar-refractivity contribution in [3.05, 3.63) is 0 Å². The second kappa shape index (κ2) is 9.02. The summed E-state index contributed by atoms with van der Waals surface area (Å²) in [5.41, 5.74) is 0.332. The maximum atomic E-state index is 10.1. The third-order valence-corrected chi connectivity index (χ3v) is 9.90. The normalized spacial score (nSPS) is 48.0. The van der Waals surface area contributed by atoms with Crippen molar-refractivity contribution in [1.82, 2.24) is 0 Å². The Balaban J connectivity index is 1.43. The van der Waals surface area contributed by atoms with Gasteiger partial charge in [0, 0.05) is 0 Å². The molecule has 5 unspecified atom stereocenters. The van der Waals surface area contributed by atoms with E-state index in [4.69, 9.17) is 4.74 Å². The van der Waals surface area contributed by atoms with Gasteiger partial charge in [0.05, 0.1) is 23.9 Å². The number of aliphatic hydroxyl groups excluding tert-OH is 2. The molecule has 3 heteroatoms. The minimum atomic E-state index is -0.0672. The van der Waals surface area contributed by atoms with Crippen LogP contribution in [0.5, 0.6) is 0 Å². The van der Waals surface area contributed by atoms with E-state index in [0.717, 1.165) is 49.4 Å². The summed E-state index contributed by atoms with van der Waals surface area (Å²) in [5.74, 6) is 3.87. The highest BCUT2D eigenvalue weighted by molar-refractivity contribution is 5.03. The van der Waals surface area contributed by atoms with E-state index in [1.807, 2.05) is 0 Å². The van der Waals surface area contributed by atoms with E-state index in [-0.39, 0.29) is 17.8 Å². The second-order valence-corrected chi connectivity index (χ2v) is 12.7. The number of ether oxygens (including phenoxy) is 1. The SMILES string of the molecule is CC(CC1CCC2OC(C)(C)CC(C)(C3CCC(O)CC3)C2C1)C1CCC(O)CC1. The van der Waals surface area contributed by atoms with Crippen LogP contribution in [0, 0.1) is 35.0 Å². The van der Waals surface area contributed by atoms with Crippen molar-refractivity contribution in [3.8, 4) is 0 Å². The van der Waals surface area contributed by atoms with Crippen LogP contribution in [0.4, 0.5) is 0 Å². The van der Waals surface area contributed by atoms with E-state index in [1.54, 1.807) is 0 Å². The van der Waals surface area contributed by atoms with Crippen molar-refractivity contribution in [3.63, 3.8) is 0 Å². The van der Waals surface area contributed by atoms with Gasteiger partial charge in [-0.3, -0.25) is 0 Å². The zero-order valence-corrected chi connectivity index (χ0v) is 20.1. The van der Waals surface area contributed by atoms with Crippen LogP contribution in [-0.2, 0) is 4.74 Å². The van der Waals surface area contributed by atoms with Gasteiger partial charge in [-0.2, -0.15) is 0 Å². The van der Waals surface area contributed by atoms with E-state index >= 15 is 0 Å². The molecule has 174 valence electrons. The van der Waals surface area contributed by atoms with Crippen LogP contribution in [0.3, 0.4) is 0 Å². The molecule has 4 aliphatic rings. The van der Waals surface area contributed by atoms with Crippen LogP contribution in [0.15, 0.2) is 0 Å². The van der Waals surface area contributed by atoms with Crippen molar-refractivity contribution in [2.24, 2.45) is 35.0 Å². The Morgan fingerprint density at radius 2 is 1.43 bits per heavy atom. The fourth-order valence-corrected chi connectivity index (χ4v) is 8.35. The summed E-state index contributed by atoms with van der Waals surface area (Å²) in [7, 11) is 0. The van der Waals surface area contributed by atoms with E-state index in [2.05, 4.69) is 27.7 Å². The van der Waals surface area contributed by atoms with E-state index < -0.39 is 0 Å². The number of hydrogen-bond acceptors (Lipinski definition) is 3. The zero-order valence-electron chi connectivity index (χ0n) is 20.1. The molecule has 0 amide bonds. The molecule has 0 aromatic heterocycles. The average molecular weight is 421 g/mol. The van der Waals surface area contributed by atoms with Crippen LogP contribution >= 0.6 is 0 Å². The van der Waals surface area contributed by atoms with Gasteiger partial charge in [-0.15, -0.1) is 0 Å². The Hall–Kier alpha value is -0.120. The lowest BCUT2D eigenvalue weighted by atomic mass is 9.53. The van der Waals surface area contributed by atoms with Crippen molar-refractivity contribution < 1.29 is 14.9 Å². The van der Waals surface area contributed by atoms with Gasteiger partial charge in [0.15, 0.2) is 0 Å². The van der Waals surface area contributed by atoms with Gasteiger partial charge in [0.25, 0.3) is 0 Å². The lowest BCUT2D eigenvalue weighted by Crippen LogP contribution is -2.56. The topological polar surface area (TPSA) is 49.7 Å². The van der Waals surface area contributed by atoms with Gasteiger partial charge in [-0.05, 0) is 132 Å². The molecule has 4 rings (SSSR count). The Morgan fingerprint density at radius 3 is 2.07 bits per heavy atom. The van der Waals surface area contributed by atoms with Crippen LogP contribution in [0.1, 0.15) is 111 Å². The van der Waals surface area contributed by atoms with Gasteiger partial charge in [0.2, 0.25) is 0 Å².